The summed E-state index contributed by atoms with van der Waals surface area (Å²) in [5, 5.41) is 1.07. The third-order valence-corrected chi connectivity index (χ3v) is 12.1. The van der Waals surface area contributed by atoms with Gasteiger partial charge in [-0.15, -0.1) is 0 Å². The van der Waals surface area contributed by atoms with Gasteiger partial charge in [-0.1, -0.05) is 53.2 Å². The van der Waals surface area contributed by atoms with Crippen LogP contribution in [-0.2, 0) is 26.8 Å². The summed E-state index contributed by atoms with van der Waals surface area (Å²) in [6, 6.07) is 11.2. The van der Waals surface area contributed by atoms with Crippen LogP contribution in [0, 0.1) is 0 Å². The Morgan fingerprint density at radius 1 is 1.00 bits per heavy atom. The van der Waals surface area contributed by atoms with Crippen LogP contribution in [0.15, 0.2) is 58.0 Å². The van der Waals surface area contributed by atoms with E-state index in [1.807, 2.05) is 52.8 Å². The van der Waals surface area contributed by atoms with Crippen molar-refractivity contribution < 1.29 is 60.1 Å². The minimum atomic E-state index is -4.16. The molecule has 2 heterocycles. The van der Waals surface area contributed by atoms with Crippen molar-refractivity contribution in [2.75, 3.05) is 11.4 Å². The molecule has 0 saturated heterocycles. The van der Waals surface area contributed by atoms with Gasteiger partial charge >= 0.3 is 29.6 Å². The molecule has 0 radical (unpaired) electrons. The summed E-state index contributed by atoms with van der Waals surface area (Å²) in [6.45, 7) is 5.71. The Bertz CT molecular complexity index is 1740. The van der Waals surface area contributed by atoms with Gasteiger partial charge in [0.05, 0.1) is 21.2 Å². The van der Waals surface area contributed by atoms with Gasteiger partial charge in [-0.3, -0.25) is 9.11 Å². The van der Waals surface area contributed by atoms with E-state index in [0.717, 1.165) is 36.4 Å². The molecular formula is C27H31Cl2N2NaO6S4+2. The molecule has 0 amide bonds. The molecule has 8 nitrogen and oxygen atoms in total. The molecule has 1 aliphatic heterocycles. The number of hydrogen-bond donors (Lipinski definition) is 2. The van der Waals surface area contributed by atoms with Gasteiger partial charge in [0, 0.05) is 40.0 Å². The van der Waals surface area contributed by atoms with Gasteiger partial charge in [-0.2, -0.15) is 21.4 Å². The summed E-state index contributed by atoms with van der Waals surface area (Å²) in [4.78, 5) is 3.00. The van der Waals surface area contributed by atoms with Crippen molar-refractivity contribution in [2.45, 2.75) is 62.0 Å². The Labute approximate surface area is 287 Å². The van der Waals surface area contributed by atoms with E-state index in [9.17, 15) is 25.9 Å². The molecule has 0 aliphatic carbocycles. The van der Waals surface area contributed by atoms with Crippen molar-refractivity contribution in [3.63, 3.8) is 0 Å². The first-order valence-electron chi connectivity index (χ1n) is 12.9. The number of fused-ring (bicyclic) bond motifs is 2. The normalized spacial score (nSPS) is 16.5. The molecule has 0 spiro atoms. The Hall–Kier alpha value is -0.640. The van der Waals surface area contributed by atoms with E-state index in [4.69, 9.17) is 23.2 Å². The topological polar surface area (TPSA) is 116 Å². The van der Waals surface area contributed by atoms with Crippen LogP contribution in [0.4, 0.5) is 5.69 Å². The summed E-state index contributed by atoms with van der Waals surface area (Å²) in [6.07, 6.45) is 5.24. The zero-order chi connectivity index (χ0) is 30.1. The number of benzene rings is 2. The van der Waals surface area contributed by atoms with Crippen LogP contribution in [0.25, 0.3) is 16.3 Å². The quantitative estimate of drug-likeness (QED) is 0.175. The van der Waals surface area contributed by atoms with E-state index in [1.54, 1.807) is 23.1 Å². The summed E-state index contributed by atoms with van der Waals surface area (Å²) < 4.78 is 68.6. The maximum atomic E-state index is 11.7. The summed E-state index contributed by atoms with van der Waals surface area (Å²) in [5.74, 6) is 0. The first-order chi connectivity index (χ1) is 19.2. The minimum Gasteiger partial charge on any atom is -0.335 e. The molecule has 0 saturated carbocycles. The Morgan fingerprint density at radius 2 is 1.62 bits per heavy atom. The number of allylic oxidation sites excluding steroid dienone is 2. The standard InChI is InChI=1S/C27H30Cl2N2O6S4.Na/c1-4-19(13-26-30(11-9-17(2)40(32,33)34)22-15-20(28)5-7-24(22)38-26)14-27-31(12-10-18(3)41(35,36)37)23-16-21(29)6-8-25(23)39-27;/h5-8,13-18H,4,9-12H2,1-3H3,(H-,32,33,34,35,36,37);/q;+1/p+1. The molecule has 2 N–H and O–H groups in total. The van der Waals surface area contributed by atoms with E-state index in [-0.39, 0.29) is 42.4 Å². The molecule has 3 aromatic rings. The van der Waals surface area contributed by atoms with Crippen molar-refractivity contribution in [3.05, 3.63) is 68.1 Å². The maximum Gasteiger partial charge on any atom is 1.00 e. The largest absolute Gasteiger partial charge is 1.00 e. The number of aryl methyl sites for hydroxylation is 1. The Morgan fingerprint density at radius 3 is 2.26 bits per heavy atom. The third kappa shape index (κ3) is 8.75. The number of halogens is 2. The van der Waals surface area contributed by atoms with Gasteiger partial charge < -0.3 is 4.90 Å². The average molecular weight is 702 g/mol. The fourth-order valence-electron chi connectivity index (χ4n) is 4.31. The van der Waals surface area contributed by atoms with E-state index in [0.29, 0.717) is 29.6 Å². The summed E-state index contributed by atoms with van der Waals surface area (Å²) in [7, 11) is -8.32. The van der Waals surface area contributed by atoms with Crippen molar-refractivity contribution >= 4 is 88.5 Å². The second-order valence-corrected chi connectivity index (χ2v) is 16.5. The smallest absolute Gasteiger partial charge is 0.335 e. The molecule has 2 unspecified atom stereocenters. The fraction of sp³-hybridized carbons (Fsp3) is 0.370. The monoisotopic (exact) mass is 700 g/mol. The van der Waals surface area contributed by atoms with E-state index in [2.05, 4.69) is 12.2 Å². The number of hydrogen-bond acceptors (Lipinski definition) is 7. The zero-order valence-electron chi connectivity index (χ0n) is 23.6. The predicted molar refractivity (Wildman–Crippen MR) is 169 cm³/mol. The molecule has 4 rings (SSSR count). The van der Waals surface area contributed by atoms with Gasteiger partial charge in [0.1, 0.15) is 4.70 Å². The summed E-state index contributed by atoms with van der Waals surface area (Å²) >= 11 is 15.7. The fourth-order valence-corrected chi connectivity index (χ4v) is 7.74. The average Bonchev–Trinajstić information content (AvgIpc) is 3.40. The molecule has 2 aromatic carbocycles. The Kier molecular flexibility index (Phi) is 12.5. The van der Waals surface area contributed by atoms with E-state index < -0.39 is 30.7 Å². The summed E-state index contributed by atoms with van der Waals surface area (Å²) in [5.41, 5.74) is 2.74. The van der Waals surface area contributed by atoms with Crippen LogP contribution in [0.3, 0.4) is 0 Å². The minimum absolute atomic E-state index is 0. The van der Waals surface area contributed by atoms with Gasteiger partial charge in [0.15, 0.2) is 6.54 Å². The molecule has 2 atom stereocenters. The molecule has 222 valence electrons. The second-order valence-electron chi connectivity index (χ2n) is 9.85. The number of rotatable bonds is 11. The van der Waals surface area contributed by atoms with Gasteiger partial charge in [-0.05, 0) is 68.7 Å². The van der Waals surface area contributed by atoms with Crippen LogP contribution in [0.2, 0.25) is 10.0 Å². The van der Waals surface area contributed by atoms with Crippen LogP contribution < -0.4 is 39.0 Å². The Balaban J connectivity index is 0.00000484. The molecular weight excluding hydrogens is 670 g/mol. The van der Waals surface area contributed by atoms with Gasteiger partial charge in [-0.25, -0.2) is 0 Å². The first kappa shape index (κ1) is 35.8. The second kappa shape index (κ2) is 14.6. The number of thioether (sulfide) groups is 1. The van der Waals surface area contributed by atoms with Crippen LogP contribution in [0.1, 0.15) is 45.0 Å². The van der Waals surface area contributed by atoms with E-state index >= 15 is 0 Å². The van der Waals surface area contributed by atoms with E-state index in [1.165, 1.54) is 13.8 Å². The van der Waals surface area contributed by atoms with Crippen LogP contribution in [0.5, 0.6) is 0 Å². The molecule has 0 fully saturated rings. The van der Waals surface area contributed by atoms with Crippen molar-refractivity contribution in [1.82, 2.24) is 0 Å². The number of anilines is 1. The van der Waals surface area contributed by atoms with Crippen LogP contribution in [-0.4, -0.2) is 43.0 Å². The zero-order valence-corrected chi connectivity index (χ0v) is 30.4. The number of thiazole rings is 1. The van der Waals surface area contributed by atoms with Crippen LogP contribution >= 0.6 is 46.3 Å². The number of aromatic nitrogens is 1. The third-order valence-electron chi connectivity index (χ3n) is 6.95. The van der Waals surface area contributed by atoms with Crippen molar-refractivity contribution in [3.8, 4) is 0 Å². The first-order valence-corrected chi connectivity index (χ1v) is 18.3. The molecule has 0 bridgehead atoms. The SMILES string of the molecule is CCC(=Cc1sc2ccc(Cl)cc2[n+]1CCC(C)S(=O)(=O)O)C=C1Sc2ccc(Cl)cc2N1CCC(C)S(=O)(=O)O.[Na+]. The number of nitrogens with zero attached hydrogens (tertiary/aromatic N) is 2. The van der Waals surface area contributed by atoms with Gasteiger partial charge in [0.2, 0.25) is 5.52 Å². The predicted octanol–water partition coefficient (Wildman–Crippen LogP) is 4.08. The molecule has 15 heteroatoms. The van der Waals surface area contributed by atoms with Crippen molar-refractivity contribution in [2.24, 2.45) is 0 Å². The molecule has 42 heavy (non-hydrogen) atoms. The molecule has 1 aliphatic rings. The maximum absolute atomic E-state index is 11.7. The van der Waals surface area contributed by atoms with Crippen molar-refractivity contribution in [1.29, 1.82) is 0 Å². The van der Waals surface area contributed by atoms with Gasteiger partial charge in [0.25, 0.3) is 25.2 Å². The molecule has 1 aromatic heterocycles.